The van der Waals surface area contributed by atoms with Crippen LogP contribution in [0.4, 0.5) is 0 Å². The Morgan fingerprint density at radius 3 is 2.63 bits per heavy atom. The van der Waals surface area contributed by atoms with Gasteiger partial charge in [-0.1, -0.05) is 29.8 Å². The standard InChI is InChI=1S/C15H15ClN2O/c1-11-7-8-12(9-17-11)15(19)18(2)10-13-5-3-4-6-14(13)16/h3-9H,10H2,1-2H3. The third-order valence-electron chi connectivity index (χ3n) is 2.87. The molecule has 0 saturated heterocycles. The summed E-state index contributed by atoms with van der Waals surface area (Å²) in [6, 6.07) is 11.1. The van der Waals surface area contributed by atoms with Gasteiger partial charge in [0.25, 0.3) is 5.91 Å². The number of carbonyl (C=O) groups is 1. The molecule has 0 N–H and O–H groups in total. The number of nitrogens with zero attached hydrogens (tertiary/aromatic N) is 2. The minimum absolute atomic E-state index is 0.0626. The van der Waals surface area contributed by atoms with Crippen LogP contribution in [-0.2, 0) is 6.54 Å². The lowest BCUT2D eigenvalue weighted by Crippen LogP contribution is -2.26. The van der Waals surface area contributed by atoms with Crippen LogP contribution in [0.5, 0.6) is 0 Å². The monoisotopic (exact) mass is 274 g/mol. The number of amides is 1. The van der Waals surface area contributed by atoms with E-state index in [1.807, 2.05) is 37.3 Å². The van der Waals surface area contributed by atoms with Crippen LogP contribution < -0.4 is 0 Å². The number of hydrogen-bond acceptors (Lipinski definition) is 2. The first-order chi connectivity index (χ1) is 9.08. The average molecular weight is 275 g/mol. The topological polar surface area (TPSA) is 33.2 Å². The fraction of sp³-hybridized carbons (Fsp3) is 0.200. The molecule has 3 nitrogen and oxygen atoms in total. The second kappa shape index (κ2) is 5.85. The normalized spacial score (nSPS) is 10.3. The SMILES string of the molecule is Cc1ccc(C(=O)N(C)Cc2ccccc2Cl)cn1. The average Bonchev–Trinajstić information content (AvgIpc) is 2.41. The predicted molar refractivity (Wildman–Crippen MR) is 76.2 cm³/mol. The minimum Gasteiger partial charge on any atom is -0.337 e. The molecule has 98 valence electrons. The van der Waals surface area contributed by atoms with Crippen molar-refractivity contribution in [3.63, 3.8) is 0 Å². The van der Waals surface area contributed by atoms with Crippen molar-refractivity contribution in [2.45, 2.75) is 13.5 Å². The Balaban J connectivity index is 2.12. The quantitative estimate of drug-likeness (QED) is 0.860. The summed E-state index contributed by atoms with van der Waals surface area (Å²) >= 11 is 6.09. The zero-order valence-corrected chi connectivity index (χ0v) is 11.7. The fourth-order valence-corrected chi connectivity index (χ4v) is 1.96. The van der Waals surface area contributed by atoms with Crippen molar-refractivity contribution in [2.24, 2.45) is 0 Å². The van der Waals surface area contributed by atoms with Gasteiger partial charge in [-0.3, -0.25) is 9.78 Å². The Kier molecular flexibility index (Phi) is 4.17. The number of halogens is 1. The van der Waals surface area contributed by atoms with Gasteiger partial charge in [0.15, 0.2) is 0 Å². The van der Waals surface area contributed by atoms with E-state index >= 15 is 0 Å². The molecule has 4 heteroatoms. The van der Waals surface area contributed by atoms with E-state index in [-0.39, 0.29) is 5.91 Å². The highest BCUT2D eigenvalue weighted by atomic mass is 35.5. The number of aryl methyl sites for hydroxylation is 1. The number of aromatic nitrogens is 1. The van der Waals surface area contributed by atoms with E-state index in [4.69, 9.17) is 11.6 Å². The first-order valence-electron chi connectivity index (χ1n) is 5.99. The molecular formula is C15H15ClN2O. The lowest BCUT2D eigenvalue weighted by molar-refractivity contribution is 0.0784. The zero-order chi connectivity index (χ0) is 13.8. The van der Waals surface area contributed by atoms with Crippen molar-refractivity contribution in [1.82, 2.24) is 9.88 Å². The molecule has 1 heterocycles. The Morgan fingerprint density at radius 1 is 1.26 bits per heavy atom. The number of carbonyl (C=O) groups excluding carboxylic acids is 1. The van der Waals surface area contributed by atoms with Crippen molar-refractivity contribution in [2.75, 3.05) is 7.05 Å². The molecule has 2 rings (SSSR count). The van der Waals surface area contributed by atoms with Gasteiger partial charge in [0.05, 0.1) is 5.56 Å². The summed E-state index contributed by atoms with van der Waals surface area (Å²) < 4.78 is 0. The van der Waals surface area contributed by atoms with Crippen LogP contribution in [0.2, 0.25) is 5.02 Å². The highest BCUT2D eigenvalue weighted by Crippen LogP contribution is 2.17. The molecule has 0 spiro atoms. The first kappa shape index (κ1) is 13.6. The molecule has 0 aliphatic rings. The highest BCUT2D eigenvalue weighted by molar-refractivity contribution is 6.31. The molecule has 0 atom stereocenters. The van der Waals surface area contributed by atoms with E-state index in [9.17, 15) is 4.79 Å². The molecule has 1 aromatic carbocycles. The first-order valence-corrected chi connectivity index (χ1v) is 6.37. The van der Waals surface area contributed by atoms with Gasteiger partial charge in [0, 0.05) is 30.5 Å². The molecule has 0 aliphatic carbocycles. The second-order valence-electron chi connectivity index (χ2n) is 4.44. The van der Waals surface area contributed by atoms with Gasteiger partial charge >= 0.3 is 0 Å². The van der Waals surface area contributed by atoms with Crippen molar-refractivity contribution < 1.29 is 4.79 Å². The maximum Gasteiger partial charge on any atom is 0.255 e. The molecule has 1 amide bonds. The maximum absolute atomic E-state index is 12.2. The van der Waals surface area contributed by atoms with E-state index in [2.05, 4.69) is 4.98 Å². The van der Waals surface area contributed by atoms with Crippen LogP contribution in [0, 0.1) is 6.92 Å². The van der Waals surface area contributed by atoms with Crippen LogP contribution in [-0.4, -0.2) is 22.8 Å². The van der Waals surface area contributed by atoms with E-state index in [0.29, 0.717) is 17.1 Å². The molecule has 0 saturated carbocycles. The summed E-state index contributed by atoms with van der Waals surface area (Å²) in [6.07, 6.45) is 1.60. The molecule has 2 aromatic rings. The van der Waals surface area contributed by atoms with Crippen molar-refractivity contribution in [1.29, 1.82) is 0 Å². The van der Waals surface area contributed by atoms with E-state index < -0.39 is 0 Å². The third-order valence-corrected chi connectivity index (χ3v) is 3.24. The van der Waals surface area contributed by atoms with Crippen molar-refractivity contribution >= 4 is 17.5 Å². The number of hydrogen-bond donors (Lipinski definition) is 0. The van der Waals surface area contributed by atoms with Crippen LogP contribution in [0.3, 0.4) is 0 Å². The number of pyridine rings is 1. The third kappa shape index (κ3) is 3.32. The van der Waals surface area contributed by atoms with Gasteiger partial charge in [-0.05, 0) is 30.7 Å². The highest BCUT2D eigenvalue weighted by Gasteiger charge is 2.13. The number of rotatable bonds is 3. The fourth-order valence-electron chi connectivity index (χ4n) is 1.77. The van der Waals surface area contributed by atoms with Gasteiger partial charge < -0.3 is 4.90 Å². The summed E-state index contributed by atoms with van der Waals surface area (Å²) in [5.74, 6) is -0.0626. The van der Waals surface area contributed by atoms with E-state index in [1.54, 1.807) is 24.2 Å². The van der Waals surface area contributed by atoms with Crippen LogP contribution in [0.15, 0.2) is 42.6 Å². The summed E-state index contributed by atoms with van der Waals surface area (Å²) in [5.41, 5.74) is 2.41. The van der Waals surface area contributed by atoms with Crippen LogP contribution in [0.1, 0.15) is 21.6 Å². The van der Waals surface area contributed by atoms with Gasteiger partial charge in [-0.15, -0.1) is 0 Å². The van der Waals surface area contributed by atoms with E-state index in [0.717, 1.165) is 11.3 Å². The van der Waals surface area contributed by atoms with Crippen molar-refractivity contribution in [3.8, 4) is 0 Å². The molecule has 1 aromatic heterocycles. The van der Waals surface area contributed by atoms with Gasteiger partial charge in [-0.25, -0.2) is 0 Å². The molecular weight excluding hydrogens is 260 g/mol. The predicted octanol–water partition coefficient (Wildman–Crippen LogP) is 3.32. The number of benzene rings is 1. The summed E-state index contributed by atoms with van der Waals surface area (Å²) in [7, 11) is 1.76. The van der Waals surface area contributed by atoms with Gasteiger partial charge in [-0.2, -0.15) is 0 Å². The smallest absolute Gasteiger partial charge is 0.255 e. The van der Waals surface area contributed by atoms with Crippen molar-refractivity contribution in [3.05, 3.63) is 64.4 Å². The summed E-state index contributed by atoms with van der Waals surface area (Å²) in [5, 5.41) is 0.671. The molecule has 19 heavy (non-hydrogen) atoms. The van der Waals surface area contributed by atoms with Crippen LogP contribution in [0.25, 0.3) is 0 Å². The summed E-state index contributed by atoms with van der Waals surface area (Å²) in [6.45, 7) is 2.37. The Morgan fingerprint density at radius 2 is 2.00 bits per heavy atom. The van der Waals surface area contributed by atoms with Crippen LogP contribution >= 0.6 is 11.6 Å². The Hall–Kier alpha value is -1.87. The Bertz CT molecular complexity index is 581. The van der Waals surface area contributed by atoms with Gasteiger partial charge in [0.2, 0.25) is 0 Å². The zero-order valence-electron chi connectivity index (χ0n) is 10.9. The molecule has 0 radical (unpaired) electrons. The van der Waals surface area contributed by atoms with Gasteiger partial charge in [0.1, 0.15) is 0 Å². The lowest BCUT2D eigenvalue weighted by atomic mass is 10.2. The minimum atomic E-state index is -0.0626. The lowest BCUT2D eigenvalue weighted by Gasteiger charge is -2.18. The Labute approximate surface area is 117 Å². The maximum atomic E-state index is 12.2. The largest absolute Gasteiger partial charge is 0.337 e. The molecule has 0 bridgehead atoms. The van der Waals surface area contributed by atoms with E-state index in [1.165, 1.54) is 0 Å². The molecule has 0 fully saturated rings. The summed E-state index contributed by atoms with van der Waals surface area (Å²) in [4.78, 5) is 18.0. The second-order valence-corrected chi connectivity index (χ2v) is 4.85. The molecule has 0 unspecified atom stereocenters. The molecule has 0 aliphatic heterocycles.